The number of nitrogens with one attached hydrogen (secondary N) is 2. The van der Waals surface area contributed by atoms with Crippen LogP contribution in [0.3, 0.4) is 0 Å². The first-order valence-electron chi connectivity index (χ1n) is 20.0. The summed E-state index contributed by atoms with van der Waals surface area (Å²) in [6, 6.07) is 21.8. The van der Waals surface area contributed by atoms with Crippen molar-refractivity contribution in [1.82, 2.24) is 25.3 Å². The lowest BCUT2D eigenvalue weighted by Gasteiger charge is -2.21. The number of nitrogens with two attached hydrogens (primary N) is 1. The summed E-state index contributed by atoms with van der Waals surface area (Å²) in [5.41, 5.74) is 18.0. The van der Waals surface area contributed by atoms with Gasteiger partial charge < -0.3 is 21.3 Å². The highest BCUT2D eigenvalue weighted by molar-refractivity contribution is 7.26. The molecule has 11 heteroatoms. The number of amides is 1. The van der Waals surface area contributed by atoms with Crippen LogP contribution < -0.4 is 21.3 Å². The fourth-order valence-electron chi connectivity index (χ4n) is 8.01. The number of aromatic nitrogens is 4. The third-order valence-corrected chi connectivity index (χ3v) is 13.2. The number of fused-ring (bicyclic) bond motifs is 6. The first-order valence-corrected chi connectivity index (χ1v) is 21.6. The third kappa shape index (κ3) is 7.67. The Bertz CT molecular complexity index is 2520. The minimum absolute atomic E-state index is 0.114. The van der Waals surface area contributed by atoms with Gasteiger partial charge in [0.25, 0.3) is 5.91 Å². The van der Waals surface area contributed by atoms with Gasteiger partial charge in [0.2, 0.25) is 0 Å². The van der Waals surface area contributed by atoms with Crippen molar-refractivity contribution in [3.8, 4) is 0 Å². The van der Waals surface area contributed by atoms with Crippen molar-refractivity contribution < 1.29 is 4.79 Å². The lowest BCUT2D eigenvalue weighted by Crippen LogP contribution is -2.27. The van der Waals surface area contributed by atoms with E-state index in [0.29, 0.717) is 17.1 Å². The van der Waals surface area contributed by atoms with Gasteiger partial charge in [-0.1, -0.05) is 70.0 Å². The van der Waals surface area contributed by atoms with Gasteiger partial charge in [-0.15, -0.1) is 22.7 Å². The molecule has 288 valence electrons. The number of pyridine rings is 2. The van der Waals surface area contributed by atoms with E-state index < -0.39 is 0 Å². The first-order chi connectivity index (χ1) is 27.3. The van der Waals surface area contributed by atoms with Crippen LogP contribution in [-0.4, -0.2) is 46.0 Å². The number of anilines is 3. The summed E-state index contributed by atoms with van der Waals surface area (Å²) in [4.78, 5) is 37.3. The predicted molar refractivity (Wildman–Crippen MR) is 235 cm³/mol. The summed E-state index contributed by atoms with van der Waals surface area (Å²) >= 11 is 3.10. The number of hydrogen-bond donors (Lipinski definition) is 3. The summed E-state index contributed by atoms with van der Waals surface area (Å²) in [5, 5.41) is 8.84. The van der Waals surface area contributed by atoms with Crippen LogP contribution in [0.1, 0.15) is 94.8 Å². The number of nitrogens with zero attached hydrogens (tertiary/aromatic N) is 5. The molecule has 0 saturated heterocycles. The van der Waals surface area contributed by atoms with Gasteiger partial charge in [-0.05, 0) is 96.5 Å². The molecule has 5 heterocycles. The van der Waals surface area contributed by atoms with Crippen molar-refractivity contribution in [3.05, 3.63) is 111 Å². The second-order valence-corrected chi connectivity index (χ2v) is 17.1. The Morgan fingerprint density at radius 1 is 0.911 bits per heavy atom. The number of carbonyl (C=O) groups excluding carboxylic acids is 1. The van der Waals surface area contributed by atoms with E-state index in [0.717, 1.165) is 112 Å². The standard InChI is InChI=1S/C45H50N8OS2/c1-5-9-31-17-20-35-39-41(56-44(35)51-31)42(50-26-49-39)47-22-21-28-15-18-32(19-16-28)53(4)25-29-11-7-12-30(23-29)27(3)24-48-43(54)40-38(46)37-34-14-8-13-33(34)36(10-6-2)52-45(37)55-40/h7,11-12,15-20,23,26-27H,5-6,8-10,13-14,21-22,24-25,46H2,1-4H3,(H,48,54)(H,47,49,50)/t27-/m1/s1. The zero-order valence-corrected chi connectivity index (χ0v) is 34.4. The molecule has 1 atom stereocenters. The number of nitrogen functional groups attached to an aromatic ring is 1. The van der Waals surface area contributed by atoms with Crippen molar-refractivity contribution in [1.29, 1.82) is 0 Å². The maximum Gasteiger partial charge on any atom is 0.263 e. The van der Waals surface area contributed by atoms with E-state index in [1.165, 1.54) is 44.8 Å². The molecule has 4 N–H and O–H groups in total. The molecular formula is C45H50N8OS2. The number of benzene rings is 2. The molecule has 1 amide bonds. The fourth-order valence-corrected chi connectivity index (χ4v) is 10.2. The van der Waals surface area contributed by atoms with Crippen LogP contribution in [0.4, 0.5) is 17.2 Å². The molecule has 8 rings (SSSR count). The van der Waals surface area contributed by atoms with E-state index >= 15 is 0 Å². The van der Waals surface area contributed by atoms with E-state index in [1.54, 1.807) is 17.7 Å². The van der Waals surface area contributed by atoms with E-state index in [4.69, 9.17) is 15.7 Å². The molecule has 0 radical (unpaired) electrons. The number of aryl methyl sites for hydroxylation is 3. The predicted octanol–water partition coefficient (Wildman–Crippen LogP) is 9.65. The maximum absolute atomic E-state index is 13.5. The Hall–Kier alpha value is -5.13. The molecule has 0 bridgehead atoms. The minimum atomic E-state index is -0.114. The van der Waals surface area contributed by atoms with E-state index in [1.807, 2.05) is 0 Å². The van der Waals surface area contributed by atoms with Gasteiger partial charge in [0.15, 0.2) is 0 Å². The highest BCUT2D eigenvalue weighted by Crippen LogP contribution is 2.41. The Morgan fingerprint density at radius 2 is 1.73 bits per heavy atom. The summed E-state index contributed by atoms with van der Waals surface area (Å²) in [6.07, 6.45) is 9.81. The molecule has 0 aliphatic heterocycles. The van der Waals surface area contributed by atoms with Gasteiger partial charge in [-0.25, -0.2) is 19.9 Å². The smallest absolute Gasteiger partial charge is 0.263 e. The largest absolute Gasteiger partial charge is 0.397 e. The second kappa shape index (κ2) is 16.5. The normalized spacial score (nSPS) is 13.1. The SMILES string of the molecule is CCCc1ccc2c(n1)sc1c(NCCc3ccc(N(C)Cc4cccc([C@H](C)CNC(=O)c5sc6nc(CCC)c7c(c6c5N)CCC7)c4)cc3)ncnc12. The van der Waals surface area contributed by atoms with Crippen LogP contribution in [-0.2, 0) is 38.6 Å². The Kier molecular flexibility index (Phi) is 11.2. The molecule has 56 heavy (non-hydrogen) atoms. The second-order valence-electron chi connectivity index (χ2n) is 15.1. The van der Waals surface area contributed by atoms with Crippen molar-refractivity contribution in [3.63, 3.8) is 0 Å². The van der Waals surface area contributed by atoms with Crippen molar-refractivity contribution in [2.75, 3.05) is 36.1 Å². The van der Waals surface area contributed by atoms with Gasteiger partial charge in [0, 0.05) is 54.5 Å². The zero-order chi connectivity index (χ0) is 38.8. The van der Waals surface area contributed by atoms with Crippen molar-refractivity contribution in [2.24, 2.45) is 0 Å². The number of hydrogen-bond acceptors (Lipinski definition) is 10. The number of thiophene rings is 2. The van der Waals surface area contributed by atoms with Gasteiger partial charge in [0.1, 0.15) is 26.7 Å². The molecular weight excluding hydrogens is 733 g/mol. The molecule has 1 aliphatic carbocycles. The lowest BCUT2D eigenvalue weighted by molar-refractivity contribution is 0.0956. The summed E-state index contributed by atoms with van der Waals surface area (Å²) < 4.78 is 1.06. The van der Waals surface area contributed by atoms with Gasteiger partial charge >= 0.3 is 0 Å². The average Bonchev–Trinajstić information content (AvgIpc) is 3.93. The highest BCUT2D eigenvalue weighted by Gasteiger charge is 2.26. The Morgan fingerprint density at radius 3 is 2.55 bits per heavy atom. The summed E-state index contributed by atoms with van der Waals surface area (Å²) in [5.74, 6) is 0.892. The van der Waals surface area contributed by atoms with Crippen LogP contribution in [0.15, 0.2) is 67.0 Å². The topological polar surface area (TPSA) is 122 Å². The van der Waals surface area contributed by atoms with E-state index in [9.17, 15) is 4.79 Å². The van der Waals surface area contributed by atoms with Crippen LogP contribution in [0.25, 0.3) is 30.6 Å². The molecule has 5 aromatic heterocycles. The van der Waals surface area contributed by atoms with Crippen molar-refractivity contribution >= 4 is 76.4 Å². The van der Waals surface area contributed by atoms with Crippen molar-refractivity contribution in [2.45, 2.75) is 84.6 Å². The molecule has 7 aromatic rings. The number of carbonyl (C=O) groups is 1. The van der Waals surface area contributed by atoms with Crippen LogP contribution in [0, 0.1) is 0 Å². The van der Waals surface area contributed by atoms with Gasteiger partial charge in [-0.3, -0.25) is 4.79 Å². The molecule has 2 aromatic carbocycles. The van der Waals surface area contributed by atoms with Crippen LogP contribution in [0.5, 0.6) is 0 Å². The third-order valence-electron chi connectivity index (χ3n) is 11.0. The van der Waals surface area contributed by atoms with Crippen LogP contribution >= 0.6 is 22.7 Å². The highest BCUT2D eigenvalue weighted by atomic mass is 32.1. The lowest BCUT2D eigenvalue weighted by atomic mass is 9.98. The first kappa shape index (κ1) is 37.8. The molecule has 9 nitrogen and oxygen atoms in total. The van der Waals surface area contributed by atoms with E-state index in [-0.39, 0.29) is 11.8 Å². The molecule has 1 aliphatic rings. The van der Waals surface area contributed by atoms with Gasteiger partial charge in [-0.2, -0.15) is 0 Å². The minimum Gasteiger partial charge on any atom is -0.397 e. The zero-order valence-electron chi connectivity index (χ0n) is 32.7. The summed E-state index contributed by atoms with van der Waals surface area (Å²) in [6.45, 7) is 8.60. The van der Waals surface area contributed by atoms with Crippen LogP contribution in [0.2, 0.25) is 0 Å². The van der Waals surface area contributed by atoms with Gasteiger partial charge in [0.05, 0.1) is 15.9 Å². The quantitative estimate of drug-likeness (QED) is 0.0941. The molecule has 0 unspecified atom stereocenters. The Labute approximate surface area is 336 Å². The molecule has 0 saturated carbocycles. The number of rotatable bonds is 15. The average molecular weight is 783 g/mol. The molecule has 0 fully saturated rings. The fraction of sp³-hybridized carbons (Fsp3) is 0.356. The molecule has 0 spiro atoms. The summed E-state index contributed by atoms with van der Waals surface area (Å²) in [7, 11) is 2.13. The Balaban J connectivity index is 0.854. The maximum atomic E-state index is 13.5. The monoisotopic (exact) mass is 782 g/mol. The van der Waals surface area contributed by atoms with E-state index in [2.05, 4.69) is 114 Å².